The first-order chi connectivity index (χ1) is 14.3. The highest BCUT2D eigenvalue weighted by molar-refractivity contribution is 5.69. The first kappa shape index (κ1) is 22.4. The third-order valence-corrected chi connectivity index (χ3v) is 6.37. The van der Waals surface area contributed by atoms with Crippen LogP contribution >= 0.6 is 0 Å². The van der Waals surface area contributed by atoms with Crippen molar-refractivity contribution in [3.63, 3.8) is 0 Å². The van der Waals surface area contributed by atoms with Gasteiger partial charge >= 0.3 is 12.1 Å². The summed E-state index contributed by atoms with van der Waals surface area (Å²) in [5.74, 6) is 1.24. The molecule has 2 heterocycles. The van der Waals surface area contributed by atoms with Gasteiger partial charge in [-0.1, -0.05) is 18.2 Å². The summed E-state index contributed by atoms with van der Waals surface area (Å²) in [6.45, 7) is 8.04. The van der Waals surface area contributed by atoms with E-state index in [2.05, 4.69) is 29.6 Å². The van der Waals surface area contributed by atoms with Crippen molar-refractivity contribution in [2.75, 3.05) is 32.1 Å². The maximum atomic E-state index is 12.4. The largest absolute Gasteiger partial charge is 0.469 e. The Morgan fingerprint density at radius 2 is 1.87 bits per heavy atom. The Hall–Kier alpha value is -2.24. The quantitative estimate of drug-likeness (QED) is 0.717. The number of esters is 1. The second kappa shape index (κ2) is 9.71. The van der Waals surface area contributed by atoms with Crippen molar-refractivity contribution >= 4 is 17.7 Å². The van der Waals surface area contributed by atoms with Crippen LogP contribution in [0.4, 0.5) is 10.5 Å². The van der Waals surface area contributed by atoms with Crippen molar-refractivity contribution in [2.45, 2.75) is 58.5 Å². The average Bonchev–Trinajstić information content (AvgIpc) is 2.72. The van der Waals surface area contributed by atoms with Gasteiger partial charge in [-0.2, -0.15) is 0 Å². The summed E-state index contributed by atoms with van der Waals surface area (Å²) in [5.41, 5.74) is 2.10. The molecule has 2 atom stereocenters. The summed E-state index contributed by atoms with van der Waals surface area (Å²) >= 11 is 0. The van der Waals surface area contributed by atoms with E-state index >= 15 is 0 Å². The van der Waals surface area contributed by atoms with Gasteiger partial charge in [0, 0.05) is 31.7 Å². The zero-order chi connectivity index (χ0) is 21.7. The predicted octanol–water partition coefficient (Wildman–Crippen LogP) is 4.49. The van der Waals surface area contributed by atoms with Gasteiger partial charge in [0.25, 0.3) is 0 Å². The number of fused-ring (bicyclic) bond motifs is 1. The lowest BCUT2D eigenvalue weighted by molar-refractivity contribution is -0.141. The molecule has 0 radical (unpaired) electrons. The third kappa shape index (κ3) is 5.89. The van der Waals surface area contributed by atoms with E-state index in [4.69, 9.17) is 9.47 Å². The number of hydrogen-bond acceptors (Lipinski definition) is 5. The number of hydrogen-bond donors (Lipinski definition) is 1. The SMILES string of the molecule is COC(=O)CCC(C1CCN(C(=O)OC(C)(C)C)CC1)C1CNc2ccccc2C1. The van der Waals surface area contributed by atoms with Crippen LogP contribution in [0.2, 0.25) is 0 Å². The van der Waals surface area contributed by atoms with Crippen LogP contribution in [0.3, 0.4) is 0 Å². The normalized spacial score (nSPS) is 20.7. The molecule has 1 fully saturated rings. The van der Waals surface area contributed by atoms with E-state index in [9.17, 15) is 9.59 Å². The van der Waals surface area contributed by atoms with Gasteiger partial charge in [0.2, 0.25) is 0 Å². The van der Waals surface area contributed by atoms with Crippen molar-refractivity contribution in [1.29, 1.82) is 0 Å². The minimum Gasteiger partial charge on any atom is -0.469 e. The molecule has 6 nitrogen and oxygen atoms in total. The van der Waals surface area contributed by atoms with E-state index in [1.165, 1.54) is 18.4 Å². The van der Waals surface area contributed by atoms with Crippen molar-refractivity contribution < 1.29 is 19.1 Å². The summed E-state index contributed by atoms with van der Waals surface area (Å²) in [5, 5.41) is 3.59. The van der Waals surface area contributed by atoms with Crippen molar-refractivity contribution in [3.8, 4) is 0 Å². The zero-order valence-electron chi connectivity index (χ0n) is 18.8. The van der Waals surface area contributed by atoms with E-state index in [1.807, 2.05) is 25.7 Å². The average molecular weight is 417 g/mol. The molecule has 0 saturated carbocycles. The van der Waals surface area contributed by atoms with Gasteiger partial charge in [0.15, 0.2) is 0 Å². The fourth-order valence-electron chi connectivity index (χ4n) is 4.85. The molecule has 1 aromatic carbocycles. The van der Waals surface area contributed by atoms with E-state index < -0.39 is 5.60 Å². The topological polar surface area (TPSA) is 67.9 Å². The van der Waals surface area contributed by atoms with Crippen molar-refractivity contribution in [1.82, 2.24) is 4.90 Å². The summed E-state index contributed by atoms with van der Waals surface area (Å²) < 4.78 is 10.4. The number of rotatable bonds is 5. The molecule has 0 spiro atoms. The van der Waals surface area contributed by atoms with Crippen LogP contribution in [0, 0.1) is 17.8 Å². The Kier molecular flexibility index (Phi) is 7.27. The molecule has 1 saturated heterocycles. The Labute approximate surface area is 180 Å². The standard InChI is InChI=1S/C24H36N2O4/c1-24(2,3)30-23(28)26-13-11-17(12-14-26)20(9-10-22(27)29-4)19-15-18-7-5-6-8-21(18)25-16-19/h5-8,17,19-20,25H,9-16H2,1-4H3. The fourth-order valence-corrected chi connectivity index (χ4v) is 4.85. The Morgan fingerprint density at radius 1 is 1.17 bits per heavy atom. The number of methoxy groups -OCH3 is 1. The number of anilines is 1. The molecule has 6 heteroatoms. The monoisotopic (exact) mass is 416 g/mol. The highest BCUT2D eigenvalue weighted by Crippen LogP contribution is 2.38. The minimum atomic E-state index is -0.474. The number of carbonyl (C=O) groups is 2. The summed E-state index contributed by atoms with van der Waals surface area (Å²) in [6.07, 6.45) is 3.98. The maximum absolute atomic E-state index is 12.4. The Bertz CT molecular complexity index is 735. The molecule has 2 unspecified atom stereocenters. The third-order valence-electron chi connectivity index (χ3n) is 6.37. The van der Waals surface area contributed by atoms with E-state index in [0.29, 0.717) is 37.3 Å². The Balaban J connectivity index is 1.65. The fraction of sp³-hybridized carbons (Fsp3) is 0.667. The van der Waals surface area contributed by atoms with Crippen LogP contribution in [0.15, 0.2) is 24.3 Å². The molecular formula is C24H36N2O4. The van der Waals surface area contributed by atoms with Gasteiger partial charge in [-0.05, 0) is 75.8 Å². The number of nitrogens with one attached hydrogen (secondary N) is 1. The van der Waals surface area contributed by atoms with Gasteiger partial charge in [-0.3, -0.25) is 4.79 Å². The number of amides is 1. The lowest BCUT2D eigenvalue weighted by Crippen LogP contribution is -2.44. The van der Waals surface area contributed by atoms with Crippen LogP contribution in [0.25, 0.3) is 0 Å². The molecule has 0 bridgehead atoms. The van der Waals surface area contributed by atoms with E-state index in [-0.39, 0.29) is 12.1 Å². The number of piperidine rings is 1. The smallest absolute Gasteiger partial charge is 0.410 e. The van der Waals surface area contributed by atoms with Crippen LogP contribution < -0.4 is 5.32 Å². The number of benzene rings is 1. The maximum Gasteiger partial charge on any atom is 0.410 e. The second-order valence-corrected chi connectivity index (χ2v) is 9.59. The number of para-hydroxylation sites is 1. The van der Waals surface area contributed by atoms with Gasteiger partial charge in [-0.15, -0.1) is 0 Å². The molecule has 166 valence electrons. The predicted molar refractivity (Wildman–Crippen MR) is 117 cm³/mol. The van der Waals surface area contributed by atoms with Crippen LogP contribution in [0.5, 0.6) is 0 Å². The molecule has 0 aromatic heterocycles. The molecule has 3 rings (SSSR count). The molecule has 1 N–H and O–H groups in total. The highest BCUT2D eigenvalue weighted by atomic mass is 16.6. The minimum absolute atomic E-state index is 0.143. The molecule has 1 amide bonds. The second-order valence-electron chi connectivity index (χ2n) is 9.59. The molecule has 0 aliphatic carbocycles. The van der Waals surface area contributed by atoms with Crippen molar-refractivity contribution in [2.24, 2.45) is 17.8 Å². The van der Waals surface area contributed by atoms with Gasteiger partial charge in [0.05, 0.1) is 7.11 Å². The van der Waals surface area contributed by atoms with Crippen LogP contribution in [-0.2, 0) is 20.7 Å². The Morgan fingerprint density at radius 3 is 2.53 bits per heavy atom. The van der Waals surface area contributed by atoms with Crippen LogP contribution in [0.1, 0.15) is 52.0 Å². The van der Waals surface area contributed by atoms with E-state index in [1.54, 1.807) is 0 Å². The molecule has 2 aliphatic rings. The number of likely N-dealkylation sites (tertiary alicyclic amines) is 1. The zero-order valence-corrected chi connectivity index (χ0v) is 18.8. The van der Waals surface area contributed by atoms with Gasteiger partial charge in [0.1, 0.15) is 5.60 Å². The van der Waals surface area contributed by atoms with Crippen LogP contribution in [-0.4, -0.2) is 49.3 Å². The lowest BCUT2D eigenvalue weighted by atomic mass is 9.71. The molecule has 2 aliphatic heterocycles. The first-order valence-electron chi connectivity index (χ1n) is 11.1. The number of ether oxygens (including phenoxy) is 2. The summed E-state index contributed by atoms with van der Waals surface area (Å²) in [6, 6.07) is 8.48. The van der Waals surface area contributed by atoms with Crippen molar-refractivity contribution in [3.05, 3.63) is 29.8 Å². The van der Waals surface area contributed by atoms with Gasteiger partial charge in [-0.25, -0.2) is 4.79 Å². The molecule has 30 heavy (non-hydrogen) atoms. The lowest BCUT2D eigenvalue weighted by Gasteiger charge is -2.41. The van der Waals surface area contributed by atoms with E-state index in [0.717, 1.165) is 32.2 Å². The van der Waals surface area contributed by atoms with Gasteiger partial charge < -0.3 is 19.7 Å². The number of nitrogens with zero attached hydrogens (tertiary/aromatic N) is 1. The summed E-state index contributed by atoms with van der Waals surface area (Å²) in [7, 11) is 1.45. The molecular weight excluding hydrogens is 380 g/mol. The molecule has 1 aromatic rings. The highest BCUT2D eigenvalue weighted by Gasteiger charge is 2.36. The number of carbonyl (C=O) groups excluding carboxylic acids is 2. The summed E-state index contributed by atoms with van der Waals surface area (Å²) in [4.78, 5) is 26.1. The first-order valence-corrected chi connectivity index (χ1v) is 11.1.